The molecule has 2 saturated heterocycles. The van der Waals surface area contributed by atoms with Gasteiger partial charge in [-0.15, -0.1) is 0 Å². The number of nitrogens with zero attached hydrogens (tertiary/aromatic N) is 3. The zero-order chi connectivity index (χ0) is 32.6. The summed E-state index contributed by atoms with van der Waals surface area (Å²) in [5, 5.41) is 12.0. The van der Waals surface area contributed by atoms with E-state index in [0.717, 1.165) is 17.7 Å². The lowest BCUT2D eigenvalue weighted by Crippen LogP contribution is -2.70. The van der Waals surface area contributed by atoms with Gasteiger partial charge in [-0.25, -0.2) is 9.59 Å². The van der Waals surface area contributed by atoms with Crippen molar-refractivity contribution >= 4 is 40.5 Å². The number of benzene rings is 2. The van der Waals surface area contributed by atoms with Gasteiger partial charge in [0, 0.05) is 30.9 Å². The Balaban J connectivity index is 1.36. The summed E-state index contributed by atoms with van der Waals surface area (Å²) in [7, 11) is 0. The van der Waals surface area contributed by atoms with Crippen LogP contribution in [0.3, 0.4) is 0 Å². The molecule has 46 heavy (non-hydrogen) atoms. The minimum Gasteiger partial charge on any atom is -0.484 e. The van der Waals surface area contributed by atoms with Crippen molar-refractivity contribution in [3.05, 3.63) is 81.7 Å². The third-order valence-corrected chi connectivity index (χ3v) is 8.64. The van der Waals surface area contributed by atoms with Crippen molar-refractivity contribution in [1.82, 2.24) is 15.1 Å². The van der Waals surface area contributed by atoms with Crippen molar-refractivity contribution in [2.75, 3.05) is 39.5 Å². The number of hydrogen-bond acceptors (Lipinski definition) is 12. The Morgan fingerprint density at radius 3 is 2.39 bits per heavy atom. The van der Waals surface area contributed by atoms with E-state index in [0.29, 0.717) is 61.0 Å². The van der Waals surface area contributed by atoms with E-state index in [4.69, 9.17) is 18.9 Å². The maximum atomic E-state index is 13.7. The maximum absolute atomic E-state index is 13.7. The number of allylic oxidation sites excluding steroid dienone is 1. The minimum absolute atomic E-state index is 0.0904. The fourth-order valence-corrected chi connectivity index (χ4v) is 5.81. The molecular formula is C31H34N4O10S. The van der Waals surface area contributed by atoms with Crippen molar-refractivity contribution < 1.29 is 43.0 Å². The van der Waals surface area contributed by atoms with Gasteiger partial charge in [-0.2, -0.15) is 0 Å². The summed E-state index contributed by atoms with van der Waals surface area (Å²) in [5.41, 5.74) is 0.725. The van der Waals surface area contributed by atoms with E-state index in [1.165, 1.54) is 24.3 Å². The number of thioether (sulfide) groups is 1. The van der Waals surface area contributed by atoms with E-state index in [1.807, 2.05) is 4.90 Å². The number of morpholine rings is 1. The van der Waals surface area contributed by atoms with Crippen LogP contribution in [0.2, 0.25) is 0 Å². The van der Waals surface area contributed by atoms with E-state index in [1.54, 1.807) is 37.3 Å². The van der Waals surface area contributed by atoms with Gasteiger partial charge in [0.15, 0.2) is 6.61 Å². The van der Waals surface area contributed by atoms with Crippen LogP contribution in [-0.2, 0) is 35.2 Å². The molecule has 14 nitrogen and oxygen atoms in total. The van der Waals surface area contributed by atoms with E-state index >= 15 is 0 Å². The fraction of sp³-hybridized carbons (Fsp3) is 0.419. The number of carbonyl (C=O) groups excluding carboxylic acids is 4. The van der Waals surface area contributed by atoms with Crippen LogP contribution in [0.15, 0.2) is 66.0 Å². The Bertz CT molecular complexity index is 1480. The van der Waals surface area contributed by atoms with Crippen LogP contribution in [0, 0.1) is 16.0 Å². The van der Waals surface area contributed by atoms with Gasteiger partial charge in [-0.1, -0.05) is 18.2 Å². The van der Waals surface area contributed by atoms with Crippen molar-refractivity contribution in [3.8, 4) is 5.75 Å². The molecule has 1 N–H and O–H groups in total. The largest absolute Gasteiger partial charge is 0.484 e. The molecule has 0 spiro atoms. The number of nitro benzene ring substituents is 1. The smallest absolute Gasteiger partial charge is 0.369 e. The summed E-state index contributed by atoms with van der Waals surface area (Å²) in [4.78, 5) is 66.7. The summed E-state index contributed by atoms with van der Waals surface area (Å²) >= 11 is 0.701. The van der Waals surface area contributed by atoms with Crippen LogP contribution in [0.1, 0.15) is 25.3 Å². The number of rotatable bonds is 13. The van der Waals surface area contributed by atoms with Crippen molar-refractivity contribution in [1.29, 1.82) is 0 Å². The zero-order valence-electron chi connectivity index (χ0n) is 25.1. The number of β-lactam (4-membered cyclic amide) rings is 1. The number of non-ortho nitro benzene ring substituents is 1. The molecule has 3 aliphatic rings. The van der Waals surface area contributed by atoms with Gasteiger partial charge < -0.3 is 29.2 Å². The van der Waals surface area contributed by atoms with Crippen LogP contribution in [-0.4, -0.2) is 88.7 Å². The fourth-order valence-electron chi connectivity index (χ4n) is 4.84. The summed E-state index contributed by atoms with van der Waals surface area (Å²) in [6, 6.07) is 13.1. The maximum Gasteiger partial charge on any atom is 0.369 e. The van der Waals surface area contributed by atoms with Gasteiger partial charge in [0.1, 0.15) is 29.5 Å². The van der Waals surface area contributed by atoms with Crippen LogP contribution in [0.5, 0.6) is 5.75 Å². The summed E-state index contributed by atoms with van der Waals surface area (Å²) in [6.07, 6.45) is 1.94. The highest BCUT2D eigenvalue weighted by atomic mass is 32.2. The normalized spacial score (nSPS) is 19.8. The van der Waals surface area contributed by atoms with Crippen LogP contribution in [0.4, 0.5) is 10.5 Å². The standard InChI is InChI=1S/C31H34N4O10S/c1-20(33-13-15-42-16-14-33)27(30(38)44-17-22-9-11-23(12-10-22)35(40)41)34-28(37)26(29(34)46-31(39)45-18-21-7-8-21)32-25(36)19-43-24-5-3-2-4-6-24/h2-6,9-12,21,26,29H,7-8,13-19H2,1H3,(H,32,36). The lowest BCUT2D eigenvalue weighted by Gasteiger charge is -2.47. The molecule has 2 heterocycles. The van der Waals surface area contributed by atoms with Gasteiger partial charge in [0.05, 0.1) is 24.7 Å². The molecule has 0 aromatic heterocycles. The number of esters is 1. The van der Waals surface area contributed by atoms with E-state index < -0.39 is 39.4 Å². The molecule has 15 heteroatoms. The van der Waals surface area contributed by atoms with Crippen LogP contribution < -0.4 is 10.1 Å². The lowest BCUT2D eigenvalue weighted by atomic mass is 10.0. The molecule has 1 saturated carbocycles. The molecular weight excluding hydrogens is 620 g/mol. The zero-order valence-corrected chi connectivity index (χ0v) is 25.9. The summed E-state index contributed by atoms with van der Waals surface area (Å²) < 4.78 is 22.0. The first-order valence-electron chi connectivity index (χ1n) is 14.8. The topological polar surface area (TPSA) is 167 Å². The Morgan fingerprint density at radius 1 is 1.04 bits per heavy atom. The molecule has 2 aliphatic heterocycles. The molecule has 5 rings (SSSR count). The molecule has 0 bridgehead atoms. The number of para-hydroxylation sites is 1. The van der Waals surface area contributed by atoms with Gasteiger partial charge >= 0.3 is 11.3 Å². The molecule has 2 atom stereocenters. The first-order valence-corrected chi connectivity index (χ1v) is 15.7. The van der Waals surface area contributed by atoms with Gasteiger partial charge in [-0.05, 0) is 67.3 Å². The number of likely N-dealkylation sites (tertiary alicyclic amines) is 1. The van der Waals surface area contributed by atoms with Crippen LogP contribution in [0.25, 0.3) is 0 Å². The Hall–Kier alpha value is -4.63. The van der Waals surface area contributed by atoms with Crippen molar-refractivity contribution in [2.24, 2.45) is 5.92 Å². The predicted octanol–water partition coefficient (Wildman–Crippen LogP) is 3.21. The third kappa shape index (κ3) is 8.34. The molecule has 1 aliphatic carbocycles. The van der Waals surface area contributed by atoms with Crippen molar-refractivity contribution in [3.63, 3.8) is 0 Å². The van der Waals surface area contributed by atoms with Gasteiger partial charge in [0.25, 0.3) is 17.5 Å². The highest BCUT2D eigenvalue weighted by molar-refractivity contribution is 8.13. The molecule has 0 radical (unpaired) electrons. The predicted molar refractivity (Wildman–Crippen MR) is 164 cm³/mol. The molecule has 2 amide bonds. The number of carbonyl (C=O) groups is 4. The number of ether oxygens (including phenoxy) is 4. The second kappa shape index (κ2) is 15.1. The lowest BCUT2D eigenvalue weighted by molar-refractivity contribution is -0.384. The molecule has 2 aromatic carbocycles. The number of nitro groups is 1. The number of amides is 2. The molecule has 244 valence electrons. The average molecular weight is 655 g/mol. The summed E-state index contributed by atoms with van der Waals surface area (Å²) in [5.74, 6) is -1.27. The van der Waals surface area contributed by atoms with E-state index in [2.05, 4.69) is 5.32 Å². The third-order valence-electron chi connectivity index (χ3n) is 7.60. The Labute approximate surface area is 269 Å². The van der Waals surface area contributed by atoms with E-state index in [9.17, 15) is 29.3 Å². The highest BCUT2D eigenvalue weighted by Gasteiger charge is 2.54. The minimum atomic E-state index is -1.15. The monoisotopic (exact) mass is 654 g/mol. The van der Waals surface area contributed by atoms with Gasteiger partial charge in [-0.3, -0.25) is 24.6 Å². The first-order chi connectivity index (χ1) is 22.2. The van der Waals surface area contributed by atoms with Crippen molar-refractivity contribution in [2.45, 2.75) is 37.8 Å². The second-order valence-corrected chi connectivity index (χ2v) is 12.0. The van der Waals surface area contributed by atoms with Crippen LogP contribution >= 0.6 is 11.8 Å². The number of nitrogens with one attached hydrogen (secondary N) is 1. The molecule has 2 aromatic rings. The second-order valence-electron chi connectivity index (χ2n) is 10.9. The highest BCUT2D eigenvalue weighted by Crippen LogP contribution is 2.38. The molecule has 2 unspecified atom stereocenters. The Morgan fingerprint density at radius 2 is 1.74 bits per heavy atom. The average Bonchev–Trinajstić information content (AvgIpc) is 3.91. The Kier molecular flexibility index (Phi) is 10.8. The number of hydrogen-bond donors (Lipinski definition) is 1. The van der Waals surface area contributed by atoms with E-state index in [-0.39, 0.29) is 31.2 Å². The quantitative estimate of drug-likeness (QED) is 0.110. The SMILES string of the molecule is CC(=C(C(=O)OCc1ccc([N+](=O)[O-])cc1)N1C(=O)C(NC(=O)COc2ccccc2)C1SC(=O)OCC1CC1)N1CCOCC1. The van der Waals surface area contributed by atoms with Gasteiger partial charge in [0.2, 0.25) is 0 Å². The summed E-state index contributed by atoms with van der Waals surface area (Å²) in [6.45, 7) is 3.04. The molecule has 3 fully saturated rings. The first kappa shape index (κ1) is 32.8.